The van der Waals surface area contributed by atoms with Gasteiger partial charge in [-0.2, -0.15) is 4.98 Å². The topological polar surface area (TPSA) is 68.5 Å². The molecule has 0 bridgehead atoms. The minimum atomic E-state index is -0.322. The molecular formula is C16H19N3O3. The lowest BCUT2D eigenvalue weighted by Crippen LogP contribution is -2.34. The Labute approximate surface area is 129 Å². The maximum atomic E-state index is 11.9. The number of ether oxygens (including phenoxy) is 1. The van der Waals surface area contributed by atoms with E-state index in [1.807, 2.05) is 44.2 Å². The van der Waals surface area contributed by atoms with Crippen LogP contribution in [0.1, 0.15) is 37.0 Å². The summed E-state index contributed by atoms with van der Waals surface area (Å²) < 4.78 is 10.4. The van der Waals surface area contributed by atoms with Crippen molar-refractivity contribution in [3.05, 3.63) is 47.6 Å². The van der Waals surface area contributed by atoms with Crippen molar-refractivity contribution in [1.29, 1.82) is 0 Å². The van der Waals surface area contributed by atoms with Crippen LogP contribution in [0.25, 0.3) is 0 Å². The number of hydrogen-bond donors (Lipinski definition) is 0. The average Bonchev–Trinajstić information content (AvgIpc) is 3.11. The number of benzene rings is 1. The molecule has 1 aromatic carbocycles. The summed E-state index contributed by atoms with van der Waals surface area (Å²) in [6.07, 6.45) is 0.429. The van der Waals surface area contributed by atoms with Crippen LogP contribution in [0.4, 0.5) is 4.79 Å². The number of aromatic nitrogens is 2. The third-order valence-electron chi connectivity index (χ3n) is 3.68. The van der Waals surface area contributed by atoms with Crippen LogP contribution in [0.2, 0.25) is 0 Å². The molecule has 0 spiro atoms. The molecule has 6 heteroatoms. The Morgan fingerprint density at radius 2 is 2.09 bits per heavy atom. The molecule has 1 aromatic heterocycles. The molecule has 1 amide bonds. The molecule has 0 aliphatic carbocycles. The normalized spacial score (nSPS) is 18.0. The maximum absolute atomic E-state index is 11.9. The lowest BCUT2D eigenvalue weighted by atomic mass is 10.1. The number of amides is 1. The van der Waals surface area contributed by atoms with E-state index in [9.17, 15) is 4.79 Å². The van der Waals surface area contributed by atoms with Crippen molar-refractivity contribution in [2.75, 3.05) is 6.61 Å². The minimum Gasteiger partial charge on any atom is -0.447 e. The molecule has 0 unspecified atom stereocenters. The monoisotopic (exact) mass is 301 g/mol. The summed E-state index contributed by atoms with van der Waals surface area (Å²) in [7, 11) is 0. The first-order chi connectivity index (χ1) is 10.6. The molecule has 1 atom stereocenters. The molecule has 1 saturated heterocycles. The lowest BCUT2D eigenvalue weighted by molar-refractivity contribution is 0.155. The molecule has 0 N–H and O–H groups in total. The fourth-order valence-electron chi connectivity index (χ4n) is 2.46. The molecule has 1 aliphatic rings. The molecule has 2 heterocycles. The van der Waals surface area contributed by atoms with Gasteiger partial charge in [-0.15, -0.1) is 0 Å². The third-order valence-corrected chi connectivity index (χ3v) is 3.68. The maximum Gasteiger partial charge on any atom is 0.410 e. The molecule has 2 aromatic rings. The first-order valence-electron chi connectivity index (χ1n) is 7.43. The van der Waals surface area contributed by atoms with E-state index in [2.05, 4.69) is 10.1 Å². The van der Waals surface area contributed by atoms with Gasteiger partial charge in [-0.3, -0.25) is 4.90 Å². The molecule has 22 heavy (non-hydrogen) atoms. The van der Waals surface area contributed by atoms with Gasteiger partial charge in [-0.25, -0.2) is 4.79 Å². The van der Waals surface area contributed by atoms with Gasteiger partial charge in [0.15, 0.2) is 5.82 Å². The Kier molecular flexibility index (Phi) is 4.09. The molecule has 6 nitrogen and oxygen atoms in total. The number of cyclic esters (lactones) is 1. The Morgan fingerprint density at radius 1 is 1.32 bits per heavy atom. The highest BCUT2D eigenvalue weighted by Gasteiger charge is 2.34. The number of rotatable bonds is 5. The fourth-order valence-corrected chi connectivity index (χ4v) is 2.46. The van der Waals surface area contributed by atoms with Crippen molar-refractivity contribution in [3.63, 3.8) is 0 Å². The van der Waals surface area contributed by atoms with E-state index in [0.29, 0.717) is 24.9 Å². The predicted molar refractivity (Wildman–Crippen MR) is 79.2 cm³/mol. The summed E-state index contributed by atoms with van der Waals surface area (Å²) in [5.41, 5.74) is 1.17. The highest BCUT2D eigenvalue weighted by atomic mass is 16.6. The van der Waals surface area contributed by atoms with Crippen molar-refractivity contribution in [1.82, 2.24) is 15.0 Å². The first kappa shape index (κ1) is 14.6. The lowest BCUT2D eigenvalue weighted by Gasteiger charge is -2.19. The number of carbonyl (C=O) groups is 1. The quantitative estimate of drug-likeness (QED) is 0.849. The molecule has 116 valence electrons. The van der Waals surface area contributed by atoms with Gasteiger partial charge in [-0.05, 0) is 12.0 Å². The summed E-state index contributed by atoms with van der Waals surface area (Å²) in [6.45, 7) is 4.68. The second-order valence-electron chi connectivity index (χ2n) is 5.75. The summed E-state index contributed by atoms with van der Waals surface area (Å²) in [5, 5.41) is 3.94. The van der Waals surface area contributed by atoms with Crippen molar-refractivity contribution in [2.24, 2.45) is 0 Å². The van der Waals surface area contributed by atoms with Crippen LogP contribution in [0.3, 0.4) is 0 Å². The van der Waals surface area contributed by atoms with Crippen LogP contribution in [-0.4, -0.2) is 33.8 Å². The van der Waals surface area contributed by atoms with Crippen LogP contribution >= 0.6 is 0 Å². The van der Waals surface area contributed by atoms with E-state index in [0.717, 1.165) is 6.42 Å². The van der Waals surface area contributed by atoms with Crippen molar-refractivity contribution in [2.45, 2.75) is 38.8 Å². The van der Waals surface area contributed by atoms with E-state index in [1.165, 1.54) is 5.56 Å². The molecule has 1 fully saturated rings. The van der Waals surface area contributed by atoms with E-state index in [-0.39, 0.29) is 18.1 Å². The number of carbonyl (C=O) groups excluding carboxylic acids is 1. The zero-order chi connectivity index (χ0) is 15.5. The fraction of sp³-hybridized carbons (Fsp3) is 0.438. The largest absolute Gasteiger partial charge is 0.447 e. The van der Waals surface area contributed by atoms with Crippen LogP contribution in [0.15, 0.2) is 34.9 Å². The Hall–Kier alpha value is -2.37. The molecule has 1 aliphatic heterocycles. The van der Waals surface area contributed by atoms with Gasteiger partial charge in [0, 0.05) is 5.92 Å². The zero-order valence-electron chi connectivity index (χ0n) is 12.7. The second kappa shape index (κ2) is 6.17. The summed E-state index contributed by atoms with van der Waals surface area (Å²) >= 11 is 0. The smallest absolute Gasteiger partial charge is 0.410 e. The van der Waals surface area contributed by atoms with E-state index in [4.69, 9.17) is 9.26 Å². The SMILES string of the molecule is CC(C)c1nc(CN2C(=O)OC[C@@H]2Cc2ccccc2)no1. The average molecular weight is 301 g/mol. The van der Waals surface area contributed by atoms with E-state index < -0.39 is 0 Å². The highest BCUT2D eigenvalue weighted by Crippen LogP contribution is 2.20. The number of nitrogens with zero attached hydrogens (tertiary/aromatic N) is 3. The van der Waals surface area contributed by atoms with Crippen molar-refractivity contribution < 1.29 is 14.1 Å². The minimum absolute atomic E-state index is 0.00380. The predicted octanol–water partition coefficient (Wildman–Crippen LogP) is 2.76. The summed E-state index contributed by atoms with van der Waals surface area (Å²) in [6, 6.07) is 10.1. The molecular weight excluding hydrogens is 282 g/mol. The first-order valence-corrected chi connectivity index (χ1v) is 7.43. The Bertz CT molecular complexity index is 639. The summed E-state index contributed by atoms with van der Waals surface area (Å²) in [4.78, 5) is 17.9. The molecule has 3 rings (SSSR count). The van der Waals surface area contributed by atoms with Gasteiger partial charge in [0.2, 0.25) is 5.89 Å². The highest BCUT2D eigenvalue weighted by molar-refractivity contribution is 5.70. The van der Waals surface area contributed by atoms with Crippen LogP contribution < -0.4 is 0 Å². The van der Waals surface area contributed by atoms with Crippen LogP contribution in [-0.2, 0) is 17.7 Å². The zero-order valence-corrected chi connectivity index (χ0v) is 12.7. The standard InChI is InChI=1S/C16H19N3O3/c1-11(2)15-17-14(18-22-15)9-19-13(10-21-16(19)20)8-12-6-4-3-5-7-12/h3-7,11,13H,8-10H2,1-2H3/t13-/m0/s1. The van der Waals surface area contributed by atoms with E-state index in [1.54, 1.807) is 4.90 Å². The van der Waals surface area contributed by atoms with Gasteiger partial charge < -0.3 is 9.26 Å². The third kappa shape index (κ3) is 3.10. The van der Waals surface area contributed by atoms with Gasteiger partial charge >= 0.3 is 6.09 Å². The summed E-state index contributed by atoms with van der Waals surface area (Å²) in [5.74, 6) is 1.27. The van der Waals surface area contributed by atoms with Crippen molar-refractivity contribution >= 4 is 6.09 Å². The van der Waals surface area contributed by atoms with Crippen LogP contribution in [0, 0.1) is 0 Å². The van der Waals surface area contributed by atoms with Crippen LogP contribution in [0.5, 0.6) is 0 Å². The van der Waals surface area contributed by atoms with Gasteiger partial charge in [0.05, 0.1) is 12.6 Å². The van der Waals surface area contributed by atoms with Gasteiger partial charge in [0.25, 0.3) is 0 Å². The number of hydrogen-bond acceptors (Lipinski definition) is 5. The van der Waals surface area contributed by atoms with Gasteiger partial charge in [0.1, 0.15) is 6.61 Å². The second-order valence-corrected chi connectivity index (χ2v) is 5.75. The van der Waals surface area contributed by atoms with Gasteiger partial charge in [-0.1, -0.05) is 49.3 Å². The van der Waals surface area contributed by atoms with Crippen molar-refractivity contribution in [3.8, 4) is 0 Å². The molecule has 0 radical (unpaired) electrons. The Balaban J connectivity index is 1.70. The Morgan fingerprint density at radius 3 is 2.77 bits per heavy atom. The molecule has 0 saturated carbocycles. The van der Waals surface area contributed by atoms with E-state index >= 15 is 0 Å².